The summed E-state index contributed by atoms with van der Waals surface area (Å²) in [5.41, 5.74) is 7.42. The van der Waals surface area contributed by atoms with Crippen LogP contribution in [0.25, 0.3) is 0 Å². The van der Waals surface area contributed by atoms with Crippen LogP contribution in [0.4, 0.5) is 5.69 Å². The van der Waals surface area contributed by atoms with E-state index in [9.17, 15) is 0 Å². The zero-order valence-electron chi connectivity index (χ0n) is 9.59. The monoisotopic (exact) mass is 256 g/mol. The van der Waals surface area contributed by atoms with Crippen LogP contribution in [-0.2, 0) is 0 Å². The predicted molar refractivity (Wildman–Crippen MR) is 75.3 cm³/mol. The second kappa shape index (κ2) is 6.06. The summed E-state index contributed by atoms with van der Waals surface area (Å²) in [4.78, 5) is 0.370. The van der Waals surface area contributed by atoms with E-state index >= 15 is 0 Å². The van der Waals surface area contributed by atoms with E-state index in [1.165, 1.54) is 0 Å². The third kappa shape index (κ3) is 3.99. The Balaban J connectivity index is 2.75. The molecule has 1 rings (SSSR count). The lowest BCUT2D eigenvalue weighted by atomic mass is 10.1. The van der Waals surface area contributed by atoms with Gasteiger partial charge >= 0.3 is 0 Å². The summed E-state index contributed by atoms with van der Waals surface area (Å²) in [6, 6.07) is 5.54. The standard InChI is InChI=1S/C12H17ClN2S/c1-8(2)5-6-15-11-4-3-9(13)7-10(11)12(14)16/h3-4,7-8,15H,5-6H2,1-2H3,(H2,14,16). The Morgan fingerprint density at radius 3 is 2.75 bits per heavy atom. The average Bonchev–Trinajstić information content (AvgIpc) is 2.19. The number of nitrogens with two attached hydrogens (primary N) is 1. The molecule has 0 unspecified atom stereocenters. The number of thiocarbonyl (C=S) groups is 1. The van der Waals surface area contributed by atoms with E-state index < -0.39 is 0 Å². The van der Waals surface area contributed by atoms with Gasteiger partial charge in [0.25, 0.3) is 0 Å². The van der Waals surface area contributed by atoms with Crippen molar-refractivity contribution in [1.29, 1.82) is 0 Å². The van der Waals surface area contributed by atoms with Crippen molar-refractivity contribution < 1.29 is 0 Å². The zero-order valence-corrected chi connectivity index (χ0v) is 11.2. The molecule has 88 valence electrons. The van der Waals surface area contributed by atoms with Gasteiger partial charge in [-0.25, -0.2) is 0 Å². The first-order chi connectivity index (χ1) is 7.50. The molecule has 0 spiro atoms. The Morgan fingerprint density at radius 2 is 2.19 bits per heavy atom. The molecule has 0 atom stereocenters. The first kappa shape index (κ1) is 13.3. The molecule has 2 nitrogen and oxygen atoms in total. The van der Waals surface area contributed by atoms with Crippen LogP contribution in [-0.4, -0.2) is 11.5 Å². The Labute approximate surface area is 107 Å². The van der Waals surface area contributed by atoms with Crippen LogP contribution in [0.3, 0.4) is 0 Å². The summed E-state index contributed by atoms with van der Waals surface area (Å²) < 4.78 is 0. The van der Waals surface area contributed by atoms with Crippen LogP contribution in [0.5, 0.6) is 0 Å². The van der Waals surface area contributed by atoms with Gasteiger partial charge in [0.05, 0.1) is 0 Å². The van der Waals surface area contributed by atoms with Crippen molar-refractivity contribution in [3.8, 4) is 0 Å². The Bertz CT molecular complexity index is 377. The second-order valence-electron chi connectivity index (χ2n) is 4.16. The van der Waals surface area contributed by atoms with Gasteiger partial charge in [-0.1, -0.05) is 37.7 Å². The summed E-state index contributed by atoms with van der Waals surface area (Å²) in [6.07, 6.45) is 1.11. The van der Waals surface area contributed by atoms with Crippen molar-refractivity contribution in [2.75, 3.05) is 11.9 Å². The van der Waals surface area contributed by atoms with Crippen LogP contribution < -0.4 is 11.1 Å². The lowest BCUT2D eigenvalue weighted by Crippen LogP contribution is -2.14. The molecule has 0 aromatic heterocycles. The molecule has 1 aromatic rings. The molecule has 0 saturated carbocycles. The third-order valence-corrected chi connectivity index (χ3v) is 2.74. The van der Waals surface area contributed by atoms with E-state index in [0.29, 0.717) is 15.9 Å². The number of hydrogen-bond donors (Lipinski definition) is 2. The minimum Gasteiger partial charge on any atom is -0.389 e. The maximum Gasteiger partial charge on any atom is 0.106 e. The molecule has 0 heterocycles. The molecule has 0 bridgehead atoms. The lowest BCUT2D eigenvalue weighted by Gasteiger charge is -2.12. The fraction of sp³-hybridized carbons (Fsp3) is 0.417. The van der Waals surface area contributed by atoms with Crippen molar-refractivity contribution in [3.05, 3.63) is 28.8 Å². The van der Waals surface area contributed by atoms with Gasteiger partial charge < -0.3 is 11.1 Å². The molecule has 0 aliphatic carbocycles. The van der Waals surface area contributed by atoms with Crippen molar-refractivity contribution in [2.45, 2.75) is 20.3 Å². The van der Waals surface area contributed by atoms with Crippen molar-refractivity contribution in [2.24, 2.45) is 11.7 Å². The number of benzene rings is 1. The van der Waals surface area contributed by atoms with Crippen molar-refractivity contribution >= 4 is 34.5 Å². The smallest absolute Gasteiger partial charge is 0.106 e. The maximum atomic E-state index is 5.90. The van der Waals surface area contributed by atoms with Gasteiger partial charge in [-0.05, 0) is 30.5 Å². The number of anilines is 1. The highest BCUT2D eigenvalue weighted by Crippen LogP contribution is 2.20. The normalized spacial score (nSPS) is 10.5. The number of halogens is 1. The molecular formula is C12H17ClN2S. The molecule has 0 fully saturated rings. The lowest BCUT2D eigenvalue weighted by molar-refractivity contribution is 0.607. The Morgan fingerprint density at radius 1 is 1.50 bits per heavy atom. The first-order valence-corrected chi connectivity index (χ1v) is 6.12. The highest BCUT2D eigenvalue weighted by molar-refractivity contribution is 7.80. The summed E-state index contributed by atoms with van der Waals surface area (Å²) in [5, 5.41) is 3.98. The SMILES string of the molecule is CC(C)CCNc1ccc(Cl)cc1C(N)=S. The quantitative estimate of drug-likeness (QED) is 0.793. The first-order valence-electron chi connectivity index (χ1n) is 5.34. The molecule has 3 N–H and O–H groups in total. The van der Waals surface area contributed by atoms with Crippen LogP contribution in [0, 0.1) is 5.92 Å². The summed E-state index contributed by atoms with van der Waals surface area (Å²) in [5.74, 6) is 0.674. The Kier molecular flexibility index (Phi) is 5.03. The molecule has 0 aliphatic rings. The molecule has 0 aliphatic heterocycles. The van der Waals surface area contributed by atoms with E-state index in [-0.39, 0.29) is 0 Å². The molecular weight excluding hydrogens is 240 g/mol. The van der Waals surface area contributed by atoms with Gasteiger partial charge in [0.1, 0.15) is 4.99 Å². The van der Waals surface area contributed by atoms with E-state index in [4.69, 9.17) is 29.6 Å². The van der Waals surface area contributed by atoms with Crippen LogP contribution >= 0.6 is 23.8 Å². The fourth-order valence-corrected chi connectivity index (χ4v) is 1.71. The van der Waals surface area contributed by atoms with Crippen LogP contribution in [0.15, 0.2) is 18.2 Å². The van der Waals surface area contributed by atoms with Gasteiger partial charge in [0, 0.05) is 22.8 Å². The highest BCUT2D eigenvalue weighted by atomic mass is 35.5. The number of hydrogen-bond acceptors (Lipinski definition) is 2. The van der Waals surface area contributed by atoms with Gasteiger partial charge in [0.15, 0.2) is 0 Å². The fourth-order valence-electron chi connectivity index (χ4n) is 1.37. The third-order valence-electron chi connectivity index (χ3n) is 2.28. The van der Waals surface area contributed by atoms with Crippen molar-refractivity contribution in [3.63, 3.8) is 0 Å². The predicted octanol–water partition coefficient (Wildman–Crippen LogP) is 3.43. The molecule has 0 radical (unpaired) electrons. The second-order valence-corrected chi connectivity index (χ2v) is 5.04. The minimum atomic E-state index is 0.370. The molecule has 0 saturated heterocycles. The Hall–Kier alpha value is -0.800. The van der Waals surface area contributed by atoms with Gasteiger partial charge in [0.2, 0.25) is 0 Å². The van der Waals surface area contributed by atoms with Crippen molar-refractivity contribution in [1.82, 2.24) is 0 Å². The maximum absolute atomic E-state index is 5.90. The number of rotatable bonds is 5. The highest BCUT2D eigenvalue weighted by Gasteiger charge is 2.05. The molecule has 0 amide bonds. The zero-order chi connectivity index (χ0) is 12.1. The average molecular weight is 257 g/mol. The summed E-state index contributed by atoms with van der Waals surface area (Å²) >= 11 is 10.9. The summed E-state index contributed by atoms with van der Waals surface area (Å²) in [7, 11) is 0. The van der Waals surface area contributed by atoms with E-state index in [1.54, 1.807) is 6.07 Å². The van der Waals surface area contributed by atoms with E-state index in [0.717, 1.165) is 24.2 Å². The summed E-state index contributed by atoms with van der Waals surface area (Å²) in [6.45, 7) is 5.30. The molecule has 4 heteroatoms. The number of nitrogens with one attached hydrogen (secondary N) is 1. The minimum absolute atomic E-state index is 0.370. The van der Waals surface area contributed by atoms with E-state index in [2.05, 4.69) is 19.2 Å². The van der Waals surface area contributed by atoms with Gasteiger partial charge in [-0.3, -0.25) is 0 Å². The van der Waals surface area contributed by atoms with Crippen LogP contribution in [0.2, 0.25) is 5.02 Å². The molecule has 1 aromatic carbocycles. The van der Waals surface area contributed by atoms with Crippen LogP contribution in [0.1, 0.15) is 25.8 Å². The largest absolute Gasteiger partial charge is 0.389 e. The topological polar surface area (TPSA) is 38.0 Å². The van der Waals surface area contributed by atoms with Gasteiger partial charge in [-0.15, -0.1) is 0 Å². The van der Waals surface area contributed by atoms with Gasteiger partial charge in [-0.2, -0.15) is 0 Å². The molecule has 16 heavy (non-hydrogen) atoms. The van der Waals surface area contributed by atoms with E-state index in [1.807, 2.05) is 12.1 Å².